The molecule has 0 unspecified atom stereocenters. The number of amides is 1. The summed E-state index contributed by atoms with van der Waals surface area (Å²) in [6, 6.07) is 14.7. The first-order chi connectivity index (χ1) is 13.3. The van der Waals surface area contributed by atoms with E-state index in [9.17, 15) is 4.79 Å². The highest BCUT2D eigenvalue weighted by Crippen LogP contribution is 2.29. The monoisotopic (exact) mass is 362 g/mol. The fraction of sp³-hybridized carbons (Fsp3) is 0.158. The molecule has 0 radical (unpaired) electrons. The summed E-state index contributed by atoms with van der Waals surface area (Å²) < 4.78 is 15.8. The Kier molecular flexibility index (Phi) is 3.60. The van der Waals surface area contributed by atoms with Crippen molar-refractivity contribution in [2.75, 3.05) is 13.1 Å². The maximum absolute atomic E-state index is 12.6. The third kappa shape index (κ3) is 2.80. The Labute approximate surface area is 153 Å². The standard InChI is InChI=1S/C19H14N4O4/c24-19(14-9-16(26-21-14)12-5-2-1-3-6-12)23-10-13(11-23)18-20-17(22-27-18)15-7-4-8-25-15/h1-9,13H,10-11H2. The molecule has 1 aliphatic heterocycles. The number of nitrogens with zero attached hydrogens (tertiary/aromatic N) is 4. The van der Waals surface area contributed by atoms with Gasteiger partial charge < -0.3 is 18.4 Å². The highest BCUT2D eigenvalue weighted by molar-refractivity contribution is 5.93. The second-order valence-electron chi connectivity index (χ2n) is 6.28. The largest absolute Gasteiger partial charge is 0.461 e. The average Bonchev–Trinajstić information content (AvgIpc) is 3.41. The summed E-state index contributed by atoms with van der Waals surface area (Å²) in [6.07, 6.45) is 1.55. The fourth-order valence-electron chi connectivity index (χ4n) is 2.98. The molecule has 0 spiro atoms. The van der Waals surface area contributed by atoms with Gasteiger partial charge in [0.05, 0.1) is 12.2 Å². The molecule has 8 heteroatoms. The summed E-state index contributed by atoms with van der Waals surface area (Å²) in [4.78, 5) is 18.6. The van der Waals surface area contributed by atoms with E-state index in [2.05, 4.69) is 15.3 Å². The van der Waals surface area contributed by atoms with Crippen LogP contribution in [0.3, 0.4) is 0 Å². The van der Waals surface area contributed by atoms with Gasteiger partial charge in [-0.1, -0.05) is 40.6 Å². The van der Waals surface area contributed by atoms with Crippen molar-refractivity contribution in [2.24, 2.45) is 0 Å². The van der Waals surface area contributed by atoms with Crippen LogP contribution in [-0.4, -0.2) is 39.2 Å². The van der Waals surface area contributed by atoms with Gasteiger partial charge in [0.25, 0.3) is 5.91 Å². The zero-order chi connectivity index (χ0) is 18.2. The third-order valence-electron chi connectivity index (χ3n) is 4.49. The smallest absolute Gasteiger partial charge is 0.276 e. The Morgan fingerprint density at radius 1 is 1.00 bits per heavy atom. The minimum absolute atomic E-state index is 0.00524. The van der Waals surface area contributed by atoms with Gasteiger partial charge in [-0.05, 0) is 12.1 Å². The van der Waals surface area contributed by atoms with Crippen molar-refractivity contribution in [3.05, 3.63) is 66.4 Å². The number of carbonyl (C=O) groups is 1. The Bertz CT molecular complexity index is 1060. The van der Waals surface area contributed by atoms with Crippen LogP contribution in [0.2, 0.25) is 0 Å². The number of hydrogen-bond donors (Lipinski definition) is 0. The molecule has 0 saturated carbocycles. The molecule has 1 fully saturated rings. The lowest BCUT2D eigenvalue weighted by molar-refractivity contribution is 0.0559. The molecule has 0 aliphatic carbocycles. The summed E-state index contributed by atoms with van der Waals surface area (Å²) in [7, 11) is 0. The average molecular weight is 362 g/mol. The molecule has 4 heterocycles. The Morgan fingerprint density at radius 3 is 2.63 bits per heavy atom. The van der Waals surface area contributed by atoms with Crippen molar-refractivity contribution >= 4 is 5.91 Å². The molecule has 0 bridgehead atoms. The topological polar surface area (TPSA) is 98.4 Å². The lowest BCUT2D eigenvalue weighted by atomic mass is 9.99. The zero-order valence-corrected chi connectivity index (χ0v) is 14.1. The van der Waals surface area contributed by atoms with Crippen LogP contribution in [0.25, 0.3) is 22.9 Å². The lowest BCUT2D eigenvalue weighted by Crippen LogP contribution is -2.48. The highest BCUT2D eigenvalue weighted by atomic mass is 16.5. The molecule has 1 aliphatic rings. The van der Waals surface area contributed by atoms with E-state index in [0.717, 1.165) is 5.56 Å². The summed E-state index contributed by atoms with van der Waals surface area (Å²) in [6.45, 7) is 0.984. The van der Waals surface area contributed by atoms with Gasteiger partial charge in [0.1, 0.15) is 0 Å². The SMILES string of the molecule is O=C(c1cc(-c2ccccc2)on1)N1CC(c2nc(-c3ccco3)no2)C1. The molecule has 3 aromatic heterocycles. The molecule has 4 aromatic rings. The van der Waals surface area contributed by atoms with E-state index in [-0.39, 0.29) is 17.5 Å². The van der Waals surface area contributed by atoms with Gasteiger partial charge in [0, 0.05) is 24.7 Å². The van der Waals surface area contributed by atoms with E-state index in [1.54, 1.807) is 29.4 Å². The van der Waals surface area contributed by atoms with Crippen LogP contribution in [0.5, 0.6) is 0 Å². The first-order valence-corrected chi connectivity index (χ1v) is 8.47. The van der Waals surface area contributed by atoms with E-state index in [1.807, 2.05) is 30.3 Å². The number of furan rings is 1. The van der Waals surface area contributed by atoms with Crippen molar-refractivity contribution in [3.8, 4) is 22.9 Å². The van der Waals surface area contributed by atoms with E-state index in [1.165, 1.54) is 0 Å². The van der Waals surface area contributed by atoms with Gasteiger partial charge in [0.2, 0.25) is 11.7 Å². The van der Waals surface area contributed by atoms with Gasteiger partial charge in [-0.25, -0.2) is 0 Å². The first-order valence-electron chi connectivity index (χ1n) is 8.47. The molecule has 134 valence electrons. The normalized spacial score (nSPS) is 14.3. The predicted octanol–water partition coefficient (Wildman–Crippen LogP) is 3.22. The number of aromatic nitrogens is 3. The Morgan fingerprint density at radius 2 is 1.85 bits per heavy atom. The number of hydrogen-bond acceptors (Lipinski definition) is 7. The van der Waals surface area contributed by atoms with E-state index in [0.29, 0.717) is 36.3 Å². The minimum atomic E-state index is -0.178. The molecule has 1 amide bonds. The predicted molar refractivity (Wildman–Crippen MR) is 92.6 cm³/mol. The second-order valence-corrected chi connectivity index (χ2v) is 6.28. The molecule has 0 atom stereocenters. The van der Waals surface area contributed by atoms with Crippen LogP contribution in [-0.2, 0) is 0 Å². The van der Waals surface area contributed by atoms with Gasteiger partial charge in [-0.2, -0.15) is 4.98 Å². The molecule has 27 heavy (non-hydrogen) atoms. The summed E-state index contributed by atoms with van der Waals surface area (Å²) in [5, 5.41) is 7.82. The Balaban J connectivity index is 1.25. The van der Waals surface area contributed by atoms with Gasteiger partial charge >= 0.3 is 0 Å². The molecule has 8 nitrogen and oxygen atoms in total. The molecular weight excluding hydrogens is 348 g/mol. The zero-order valence-electron chi connectivity index (χ0n) is 14.1. The van der Waals surface area contributed by atoms with Crippen LogP contribution in [0.4, 0.5) is 0 Å². The van der Waals surface area contributed by atoms with Crippen molar-refractivity contribution in [3.63, 3.8) is 0 Å². The number of carbonyl (C=O) groups excluding carboxylic acids is 1. The van der Waals surface area contributed by atoms with Crippen LogP contribution >= 0.6 is 0 Å². The Hall–Kier alpha value is -3.68. The second kappa shape index (κ2) is 6.24. The van der Waals surface area contributed by atoms with E-state index >= 15 is 0 Å². The maximum atomic E-state index is 12.6. The number of benzene rings is 1. The molecule has 1 aromatic carbocycles. The van der Waals surface area contributed by atoms with Crippen molar-refractivity contribution in [1.29, 1.82) is 0 Å². The summed E-state index contributed by atoms with van der Waals surface area (Å²) in [5.41, 5.74) is 1.16. The van der Waals surface area contributed by atoms with Crippen molar-refractivity contribution in [2.45, 2.75) is 5.92 Å². The van der Waals surface area contributed by atoms with Crippen LogP contribution < -0.4 is 0 Å². The molecule has 1 saturated heterocycles. The van der Waals surface area contributed by atoms with Gasteiger partial charge in [-0.15, -0.1) is 0 Å². The highest BCUT2D eigenvalue weighted by Gasteiger charge is 2.37. The number of likely N-dealkylation sites (tertiary alicyclic amines) is 1. The number of rotatable bonds is 4. The lowest BCUT2D eigenvalue weighted by Gasteiger charge is -2.36. The third-order valence-corrected chi connectivity index (χ3v) is 4.49. The van der Waals surface area contributed by atoms with Crippen LogP contribution in [0.15, 0.2) is 68.3 Å². The van der Waals surface area contributed by atoms with Crippen LogP contribution in [0, 0.1) is 0 Å². The molecule has 0 N–H and O–H groups in total. The van der Waals surface area contributed by atoms with E-state index < -0.39 is 0 Å². The van der Waals surface area contributed by atoms with Gasteiger partial charge in [0.15, 0.2) is 17.2 Å². The van der Waals surface area contributed by atoms with Crippen molar-refractivity contribution < 1.29 is 18.3 Å². The van der Waals surface area contributed by atoms with Gasteiger partial charge in [-0.3, -0.25) is 4.79 Å². The minimum Gasteiger partial charge on any atom is -0.461 e. The van der Waals surface area contributed by atoms with Crippen molar-refractivity contribution in [1.82, 2.24) is 20.2 Å². The fourth-order valence-corrected chi connectivity index (χ4v) is 2.98. The molecular formula is C19H14N4O4. The van der Waals surface area contributed by atoms with Crippen LogP contribution in [0.1, 0.15) is 22.3 Å². The summed E-state index contributed by atoms with van der Waals surface area (Å²) in [5.74, 6) is 1.84. The first kappa shape index (κ1) is 15.6. The quantitative estimate of drug-likeness (QED) is 0.549. The summed E-state index contributed by atoms with van der Waals surface area (Å²) >= 11 is 0. The molecule has 5 rings (SSSR count). The van der Waals surface area contributed by atoms with E-state index in [4.69, 9.17) is 13.5 Å². The maximum Gasteiger partial charge on any atom is 0.276 e.